The molecular weight excluding hydrogens is 1120 g/mol. The van der Waals surface area contributed by atoms with Crippen LogP contribution < -0.4 is 19.7 Å². The van der Waals surface area contributed by atoms with Crippen LogP contribution in [0.1, 0.15) is 129 Å². The van der Waals surface area contributed by atoms with Gasteiger partial charge in [-0.25, -0.2) is 14.8 Å². The van der Waals surface area contributed by atoms with Crippen molar-refractivity contribution in [2.45, 2.75) is 118 Å². The number of para-hydroxylation sites is 1. The lowest BCUT2D eigenvalue weighted by Crippen LogP contribution is -2.39. The monoisotopic (exact) mass is 1200 g/mol. The second-order valence-electron chi connectivity index (χ2n) is 22.5. The van der Waals surface area contributed by atoms with E-state index in [1.54, 1.807) is 0 Å². The molecule has 2 atom stereocenters. The van der Waals surface area contributed by atoms with Gasteiger partial charge < -0.3 is 28.6 Å². The van der Waals surface area contributed by atoms with Gasteiger partial charge in [-0.1, -0.05) is 69.7 Å². The third kappa shape index (κ3) is 17.3. The highest BCUT2D eigenvalue weighted by Gasteiger charge is 2.29. The third-order valence-corrected chi connectivity index (χ3v) is 17.0. The Morgan fingerprint density at radius 3 is 1.96 bits per heavy atom. The van der Waals surface area contributed by atoms with E-state index in [2.05, 4.69) is 53.9 Å². The van der Waals surface area contributed by atoms with Crippen molar-refractivity contribution in [1.29, 1.82) is 0 Å². The number of ether oxygens (including phenoxy) is 5. The Morgan fingerprint density at radius 1 is 0.707 bits per heavy atom. The fourth-order valence-electron chi connectivity index (χ4n) is 11.2. The normalized spacial score (nSPS) is 16.6. The number of anilines is 2. The third-order valence-electron chi connectivity index (χ3n) is 15.2. The molecule has 17 heteroatoms. The molecule has 0 unspecified atom stereocenters. The number of carbonyl (C=O) groups is 4. The summed E-state index contributed by atoms with van der Waals surface area (Å²) in [6, 6.07) is 29.5. The second-order valence-corrected chi connectivity index (χ2v) is 24.4. The number of pyridine rings is 1. The number of carbonyl (C=O) groups excluding carboxylic acids is 4. The molecule has 0 bridgehead atoms. The topological polar surface area (TPSA) is 162 Å². The number of esters is 3. The maximum Gasteiger partial charge on any atom is 0.358 e. The van der Waals surface area contributed by atoms with Crippen molar-refractivity contribution in [2.75, 3.05) is 82.5 Å². The lowest BCUT2D eigenvalue weighted by molar-refractivity contribution is -0.145. The SMILES string of the molecule is CCOC(=O)CN1CCC[C@H](CCCOc2cccc(-c3ccc(N4CCc5cccc(C(=O)Nc6nc7ccccc7s6)c5C4)nc3C(=O)OC(C)(C)C)c2C)C1.CCOC(=O)CN1CCC[C@H](CCCOc2cccc(Br)c2C)C1. The molecule has 3 aliphatic rings. The van der Waals surface area contributed by atoms with E-state index in [4.69, 9.17) is 28.7 Å². The Balaban J connectivity index is 0.000000306. The molecule has 3 aliphatic heterocycles. The van der Waals surface area contributed by atoms with Crippen LogP contribution in [-0.4, -0.2) is 121 Å². The number of benzene rings is 4. The predicted octanol–water partition coefficient (Wildman–Crippen LogP) is 13.1. The van der Waals surface area contributed by atoms with Crippen molar-refractivity contribution < 1.29 is 42.9 Å². The van der Waals surface area contributed by atoms with E-state index in [0.717, 1.165) is 132 Å². The number of piperidine rings is 2. The number of fused-ring (bicyclic) bond motifs is 2. The zero-order valence-electron chi connectivity index (χ0n) is 48.9. The van der Waals surface area contributed by atoms with Crippen LogP contribution >= 0.6 is 27.3 Å². The average molecular weight is 1200 g/mol. The van der Waals surface area contributed by atoms with Gasteiger partial charge in [0.1, 0.15) is 22.9 Å². The van der Waals surface area contributed by atoms with Gasteiger partial charge >= 0.3 is 17.9 Å². The molecule has 2 fully saturated rings. The van der Waals surface area contributed by atoms with Crippen LogP contribution in [0.25, 0.3) is 21.3 Å². The van der Waals surface area contributed by atoms with E-state index in [1.807, 2.05) is 126 Å². The summed E-state index contributed by atoms with van der Waals surface area (Å²) >= 11 is 4.98. The van der Waals surface area contributed by atoms with Crippen LogP contribution in [0.3, 0.4) is 0 Å². The van der Waals surface area contributed by atoms with Crippen LogP contribution in [0.2, 0.25) is 0 Å². The van der Waals surface area contributed by atoms with Gasteiger partial charge in [-0.15, -0.1) is 0 Å². The van der Waals surface area contributed by atoms with Crippen LogP contribution in [-0.2, 0) is 36.8 Å². The van der Waals surface area contributed by atoms with Gasteiger partial charge in [0, 0.05) is 47.3 Å². The number of thiazole rings is 1. The quantitative estimate of drug-likeness (QED) is 0.0411. The summed E-state index contributed by atoms with van der Waals surface area (Å²) in [5.41, 5.74) is 6.55. The maximum atomic E-state index is 13.9. The first-order valence-corrected chi connectivity index (χ1v) is 30.8. The summed E-state index contributed by atoms with van der Waals surface area (Å²) in [7, 11) is 0. The predicted molar refractivity (Wildman–Crippen MR) is 328 cm³/mol. The molecule has 0 spiro atoms. The molecule has 82 heavy (non-hydrogen) atoms. The molecule has 1 N–H and O–H groups in total. The van der Waals surface area contributed by atoms with Crippen molar-refractivity contribution in [2.24, 2.45) is 11.8 Å². The van der Waals surface area contributed by atoms with E-state index < -0.39 is 11.6 Å². The van der Waals surface area contributed by atoms with Crippen LogP contribution in [0.4, 0.5) is 10.9 Å². The highest BCUT2D eigenvalue weighted by Crippen LogP contribution is 2.36. The molecule has 2 aromatic heterocycles. The van der Waals surface area contributed by atoms with Gasteiger partial charge in [0.2, 0.25) is 0 Å². The number of halogens is 1. The van der Waals surface area contributed by atoms with E-state index in [0.29, 0.717) is 86.3 Å². The fraction of sp³-hybridized carbons (Fsp3) is 0.477. The molecule has 6 aromatic rings. The summed E-state index contributed by atoms with van der Waals surface area (Å²) in [6.45, 7) is 21.2. The number of hydrogen-bond acceptors (Lipinski definition) is 15. The first-order chi connectivity index (χ1) is 39.5. The van der Waals surface area contributed by atoms with E-state index >= 15 is 0 Å². The van der Waals surface area contributed by atoms with Gasteiger partial charge in [0.15, 0.2) is 10.8 Å². The van der Waals surface area contributed by atoms with Crippen LogP contribution in [0, 0.1) is 25.7 Å². The Morgan fingerprint density at radius 2 is 1.33 bits per heavy atom. The van der Waals surface area contributed by atoms with Gasteiger partial charge in [0.05, 0.1) is 49.7 Å². The number of nitrogens with zero attached hydrogens (tertiary/aromatic N) is 5. The number of rotatable bonds is 21. The summed E-state index contributed by atoms with van der Waals surface area (Å²) in [5, 5.41) is 3.58. The van der Waals surface area contributed by atoms with Gasteiger partial charge in [-0.05, 0) is 202 Å². The molecule has 0 saturated carbocycles. The van der Waals surface area contributed by atoms with Gasteiger partial charge in [0.25, 0.3) is 5.91 Å². The molecule has 0 aliphatic carbocycles. The molecule has 5 heterocycles. The molecule has 2 saturated heterocycles. The number of likely N-dealkylation sites (tertiary alicyclic amines) is 2. The summed E-state index contributed by atoms with van der Waals surface area (Å²) in [4.78, 5) is 67.4. The zero-order valence-corrected chi connectivity index (χ0v) is 51.3. The molecular formula is C65H81BrN6O9S. The van der Waals surface area contributed by atoms with Gasteiger partial charge in [-0.3, -0.25) is 29.5 Å². The highest BCUT2D eigenvalue weighted by atomic mass is 79.9. The number of hydrogen-bond donors (Lipinski definition) is 1. The van der Waals surface area contributed by atoms with E-state index in [1.165, 1.54) is 17.8 Å². The molecule has 1 amide bonds. The lowest BCUT2D eigenvalue weighted by Gasteiger charge is -2.32. The van der Waals surface area contributed by atoms with E-state index in [9.17, 15) is 19.2 Å². The zero-order chi connectivity index (χ0) is 58.2. The number of aromatic nitrogens is 2. The van der Waals surface area contributed by atoms with E-state index in [-0.39, 0.29) is 23.5 Å². The van der Waals surface area contributed by atoms with Gasteiger partial charge in [-0.2, -0.15) is 0 Å². The Hall–Kier alpha value is -6.40. The van der Waals surface area contributed by atoms with Crippen molar-refractivity contribution in [3.8, 4) is 22.6 Å². The first-order valence-electron chi connectivity index (χ1n) is 29.2. The molecule has 438 valence electrons. The van der Waals surface area contributed by atoms with Crippen molar-refractivity contribution in [3.05, 3.63) is 129 Å². The second kappa shape index (κ2) is 29.7. The highest BCUT2D eigenvalue weighted by molar-refractivity contribution is 9.10. The summed E-state index contributed by atoms with van der Waals surface area (Å²) in [6.07, 6.45) is 9.45. The molecule has 0 radical (unpaired) electrons. The molecule has 15 nitrogen and oxygen atoms in total. The lowest BCUT2D eigenvalue weighted by atomic mass is 9.93. The summed E-state index contributed by atoms with van der Waals surface area (Å²) < 4.78 is 30.5. The molecule has 4 aromatic carbocycles. The number of nitrogens with one attached hydrogen (secondary N) is 1. The smallest absolute Gasteiger partial charge is 0.358 e. The minimum Gasteiger partial charge on any atom is -0.493 e. The largest absolute Gasteiger partial charge is 0.493 e. The average Bonchev–Trinajstić information content (AvgIpc) is 3.71. The number of amides is 1. The van der Waals surface area contributed by atoms with Crippen molar-refractivity contribution >= 4 is 72.2 Å². The van der Waals surface area contributed by atoms with Crippen LogP contribution in [0.15, 0.2) is 95.5 Å². The fourth-order valence-corrected chi connectivity index (χ4v) is 12.4. The maximum absolute atomic E-state index is 13.9. The summed E-state index contributed by atoms with van der Waals surface area (Å²) in [5.74, 6) is 2.54. The first kappa shape index (κ1) is 61.7. The van der Waals surface area contributed by atoms with Crippen LogP contribution in [0.5, 0.6) is 11.5 Å². The van der Waals surface area contributed by atoms with Crippen molar-refractivity contribution in [1.82, 2.24) is 19.8 Å². The molecule has 9 rings (SSSR count). The Kier molecular flexibility index (Phi) is 22.4. The minimum atomic E-state index is -0.726. The Bertz CT molecular complexity index is 3110. The van der Waals surface area contributed by atoms with Crippen molar-refractivity contribution in [3.63, 3.8) is 0 Å². The Labute approximate surface area is 496 Å². The standard InChI is InChI=1S/C46H53N5O6S.C19H28BrNO3/c1-6-55-41(52)29-50-24-11-13-31(27-50)14-12-26-56-38-19-10-16-33(30(38)2)34-21-22-40(48-42(34)44(54)57-46(3,4)5)51-25-23-32-15-9-17-35(36(32)28-51)43(53)49-45-47-37-18-7-8-20-39(37)58-45;1-3-23-19(22)14-21-11-5-7-16(13-21)8-6-12-24-18-10-4-9-17(20)15(18)2/h7-10,15-22,31H,6,11-14,23-29H2,1-5H3,(H,47,49,53);4,9-10,16H,3,5-8,11-14H2,1-2H3/t31-;16-/m11/s1. The minimum absolute atomic E-state index is 0.105.